The van der Waals surface area contributed by atoms with Crippen LogP contribution in [0.15, 0.2) is 84.9 Å². The van der Waals surface area contributed by atoms with Gasteiger partial charge in [0, 0.05) is 40.7 Å². The average Bonchev–Trinajstić information content (AvgIpc) is 3.08. The molecule has 0 radical (unpaired) electrons. The minimum Gasteiger partial charge on any atom is -0.457 e. The molecule has 0 saturated heterocycles. The van der Waals surface area contributed by atoms with Crippen LogP contribution in [0, 0.1) is 0 Å². The molecule has 4 aromatic carbocycles. The standard InChI is InChI=1S/C35H32F6N2O5/c1-21(44)24-5-9-26(10-6-24)48-27-11-7-25(8-12-27)32(45)43-31-14-4-23(17-29(31)34(47,20-38)35(39,40)41)15-22-3-13-30(42-2)28(16-22)33(46,18-36)19-37/h3-14,16-17,42,46-47H,15,18-20H2,1-2H3,(H,43,45). The average molecular weight is 675 g/mol. The van der Waals surface area contributed by atoms with Gasteiger partial charge in [0.2, 0.25) is 5.60 Å². The van der Waals surface area contributed by atoms with E-state index < -0.39 is 54.6 Å². The molecule has 0 aromatic heterocycles. The van der Waals surface area contributed by atoms with Crippen LogP contribution in [0.4, 0.5) is 37.7 Å². The predicted octanol–water partition coefficient (Wildman–Crippen LogP) is 7.41. The summed E-state index contributed by atoms with van der Waals surface area (Å²) in [6.45, 7) is -3.72. The minimum atomic E-state index is -5.48. The SMILES string of the molecule is CNc1ccc(Cc2ccc(NC(=O)c3ccc(Oc4ccc(C(C)=O)cc4)cc3)c(C(O)(CF)C(F)(F)F)c2)cc1C(O)(CF)CF. The molecular formula is C35H32F6N2O5. The van der Waals surface area contributed by atoms with E-state index in [-0.39, 0.29) is 34.6 Å². The maximum absolute atomic E-state index is 14.1. The summed E-state index contributed by atoms with van der Waals surface area (Å²) in [7, 11) is 1.48. The van der Waals surface area contributed by atoms with Gasteiger partial charge < -0.3 is 25.6 Å². The summed E-state index contributed by atoms with van der Waals surface area (Å²) in [5, 5.41) is 26.1. The van der Waals surface area contributed by atoms with Crippen molar-refractivity contribution in [3.8, 4) is 11.5 Å². The number of ketones is 1. The highest BCUT2D eigenvalue weighted by Crippen LogP contribution is 2.43. The van der Waals surface area contributed by atoms with E-state index in [1.165, 1.54) is 62.5 Å². The lowest BCUT2D eigenvalue weighted by Gasteiger charge is -2.30. The zero-order valence-electron chi connectivity index (χ0n) is 25.8. The molecule has 0 heterocycles. The number of Topliss-reactive ketones (excluding diaryl/α,β-unsaturated/α-hetero) is 1. The number of anilines is 2. The second kappa shape index (κ2) is 14.5. The summed E-state index contributed by atoms with van der Waals surface area (Å²) in [6, 6.07) is 19.4. The van der Waals surface area contributed by atoms with E-state index in [1.54, 1.807) is 24.3 Å². The van der Waals surface area contributed by atoms with Crippen molar-refractivity contribution in [3.63, 3.8) is 0 Å². The number of alkyl halides is 6. The van der Waals surface area contributed by atoms with Gasteiger partial charge in [0.25, 0.3) is 5.91 Å². The number of nitrogens with one attached hydrogen (secondary N) is 2. The molecule has 0 aliphatic rings. The Morgan fingerprint density at radius 2 is 1.21 bits per heavy atom. The smallest absolute Gasteiger partial charge is 0.424 e. The van der Waals surface area contributed by atoms with Gasteiger partial charge >= 0.3 is 6.18 Å². The summed E-state index contributed by atoms with van der Waals surface area (Å²) in [4.78, 5) is 24.6. The molecule has 1 unspecified atom stereocenters. The van der Waals surface area contributed by atoms with Crippen LogP contribution in [-0.4, -0.2) is 55.2 Å². The van der Waals surface area contributed by atoms with Crippen LogP contribution in [0.5, 0.6) is 11.5 Å². The van der Waals surface area contributed by atoms with E-state index >= 15 is 0 Å². The molecule has 1 atom stereocenters. The van der Waals surface area contributed by atoms with Gasteiger partial charge in [0.1, 0.15) is 37.1 Å². The molecule has 0 fully saturated rings. The largest absolute Gasteiger partial charge is 0.457 e. The summed E-state index contributed by atoms with van der Waals surface area (Å²) >= 11 is 0. The Morgan fingerprint density at radius 1 is 0.708 bits per heavy atom. The Morgan fingerprint density at radius 3 is 1.67 bits per heavy atom. The fourth-order valence-electron chi connectivity index (χ4n) is 4.94. The molecule has 0 bridgehead atoms. The minimum absolute atomic E-state index is 0.00506. The molecule has 1 amide bonds. The van der Waals surface area contributed by atoms with Crippen molar-refractivity contribution in [1.29, 1.82) is 0 Å². The van der Waals surface area contributed by atoms with Crippen LogP contribution in [-0.2, 0) is 17.6 Å². The van der Waals surface area contributed by atoms with Crippen LogP contribution in [0.3, 0.4) is 0 Å². The monoisotopic (exact) mass is 674 g/mol. The first kappa shape index (κ1) is 36.0. The Balaban J connectivity index is 1.63. The Hall–Kier alpha value is -4.88. The maximum atomic E-state index is 14.1. The van der Waals surface area contributed by atoms with Gasteiger partial charge in [-0.2, -0.15) is 13.2 Å². The first-order valence-corrected chi connectivity index (χ1v) is 14.5. The Kier molecular flexibility index (Phi) is 10.9. The summed E-state index contributed by atoms with van der Waals surface area (Å²) < 4.78 is 89.2. The molecular weight excluding hydrogens is 642 g/mol. The van der Waals surface area contributed by atoms with Crippen molar-refractivity contribution >= 4 is 23.1 Å². The third kappa shape index (κ3) is 7.63. The van der Waals surface area contributed by atoms with Crippen LogP contribution in [0.1, 0.15) is 49.9 Å². The number of benzene rings is 4. The van der Waals surface area contributed by atoms with E-state index in [0.29, 0.717) is 22.6 Å². The predicted molar refractivity (Wildman–Crippen MR) is 168 cm³/mol. The van der Waals surface area contributed by atoms with Gasteiger partial charge in [-0.15, -0.1) is 0 Å². The fourth-order valence-corrected chi connectivity index (χ4v) is 4.94. The molecule has 0 aliphatic carbocycles. The van der Waals surface area contributed by atoms with Crippen LogP contribution in [0.2, 0.25) is 0 Å². The van der Waals surface area contributed by atoms with E-state index in [4.69, 9.17) is 4.74 Å². The maximum Gasteiger partial charge on any atom is 0.424 e. The van der Waals surface area contributed by atoms with Crippen molar-refractivity contribution in [2.24, 2.45) is 0 Å². The van der Waals surface area contributed by atoms with Gasteiger partial charge in [-0.1, -0.05) is 24.3 Å². The van der Waals surface area contributed by atoms with Crippen molar-refractivity contribution in [1.82, 2.24) is 0 Å². The molecule has 4 N–H and O–H groups in total. The van der Waals surface area contributed by atoms with Gasteiger partial charge in [-0.25, -0.2) is 13.2 Å². The summed E-state index contributed by atoms with van der Waals surface area (Å²) in [5.41, 5.74) is -6.87. The quantitative estimate of drug-likeness (QED) is 0.0870. The van der Waals surface area contributed by atoms with Crippen LogP contribution in [0.25, 0.3) is 0 Å². The lowest BCUT2D eigenvalue weighted by atomic mass is 9.88. The van der Waals surface area contributed by atoms with E-state index in [0.717, 1.165) is 12.1 Å². The van der Waals surface area contributed by atoms with Crippen LogP contribution < -0.4 is 15.4 Å². The normalized spacial score (nSPS) is 13.0. The van der Waals surface area contributed by atoms with Gasteiger partial charge in [0.05, 0.1) is 0 Å². The number of amides is 1. The summed E-state index contributed by atoms with van der Waals surface area (Å²) in [5.74, 6) is -0.256. The molecule has 13 heteroatoms. The number of carbonyl (C=O) groups excluding carboxylic acids is 2. The number of hydrogen-bond donors (Lipinski definition) is 4. The lowest BCUT2D eigenvalue weighted by molar-refractivity contribution is -0.270. The molecule has 0 aliphatic heterocycles. The molecule has 7 nitrogen and oxygen atoms in total. The number of ether oxygens (including phenoxy) is 1. The highest BCUT2D eigenvalue weighted by atomic mass is 19.4. The molecule has 48 heavy (non-hydrogen) atoms. The number of rotatable bonds is 13. The molecule has 0 spiro atoms. The number of halogens is 6. The van der Waals surface area contributed by atoms with Crippen molar-refractivity contribution < 1.29 is 50.9 Å². The van der Waals surface area contributed by atoms with Gasteiger partial charge in [0.15, 0.2) is 5.78 Å². The topological polar surface area (TPSA) is 108 Å². The van der Waals surface area contributed by atoms with Crippen molar-refractivity contribution in [2.75, 3.05) is 37.7 Å². The van der Waals surface area contributed by atoms with E-state index in [1.807, 2.05) is 0 Å². The molecule has 254 valence electrons. The number of hydrogen-bond acceptors (Lipinski definition) is 6. The Bertz CT molecular complexity index is 1760. The second-order valence-corrected chi connectivity index (χ2v) is 11.1. The van der Waals surface area contributed by atoms with E-state index in [9.17, 15) is 46.1 Å². The third-order valence-electron chi connectivity index (χ3n) is 7.76. The number of aliphatic hydroxyl groups is 2. The van der Waals surface area contributed by atoms with Gasteiger partial charge in [-0.05, 0) is 85.1 Å². The fraction of sp³-hybridized carbons (Fsp3) is 0.257. The number of carbonyl (C=O) groups is 2. The lowest BCUT2D eigenvalue weighted by Crippen LogP contribution is -2.45. The van der Waals surface area contributed by atoms with Crippen molar-refractivity contribution in [3.05, 3.63) is 118 Å². The zero-order chi connectivity index (χ0) is 35.3. The first-order chi connectivity index (χ1) is 22.7. The van der Waals surface area contributed by atoms with Crippen molar-refractivity contribution in [2.45, 2.75) is 30.7 Å². The molecule has 4 rings (SSSR count). The zero-order valence-corrected chi connectivity index (χ0v) is 25.8. The summed E-state index contributed by atoms with van der Waals surface area (Å²) in [6.07, 6.45) is -5.63. The molecule has 4 aromatic rings. The second-order valence-electron chi connectivity index (χ2n) is 11.1. The third-order valence-corrected chi connectivity index (χ3v) is 7.76. The van der Waals surface area contributed by atoms with Gasteiger partial charge in [-0.3, -0.25) is 9.59 Å². The van der Waals surface area contributed by atoms with E-state index in [2.05, 4.69) is 10.6 Å². The Labute approximate surface area is 272 Å². The van der Waals surface area contributed by atoms with Crippen LogP contribution >= 0.6 is 0 Å². The highest BCUT2D eigenvalue weighted by Gasteiger charge is 2.56. The first-order valence-electron chi connectivity index (χ1n) is 14.5. The highest BCUT2D eigenvalue weighted by molar-refractivity contribution is 6.04. The molecule has 0 saturated carbocycles.